The Morgan fingerprint density at radius 2 is 2.09 bits per heavy atom. The van der Waals surface area contributed by atoms with Crippen molar-refractivity contribution < 1.29 is 9.90 Å². The van der Waals surface area contributed by atoms with Crippen LogP contribution in [0.4, 0.5) is 0 Å². The lowest BCUT2D eigenvalue weighted by Crippen LogP contribution is -2.12. The SMILES string of the molecule is O=C(O)CC1CC[C@H]2CC2C1. The molecule has 0 aromatic carbocycles. The summed E-state index contributed by atoms with van der Waals surface area (Å²) in [6.45, 7) is 0. The van der Waals surface area contributed by atoms with Crippen LogP contribution in [0, 0.1) is 17.8 Å². The second kappa shape index (κ2) is 2.50. The maximum absolute atomic E-state index is 10.4. The fourth-order valence-corrected chi connectivity index (χ4v) is 2.38. The predicted molar refractivity (Wildman–Crippen MR) is 41.2 cm³/mol. The lowest BCUT2D eigenvalue weighted by atomic mass is 9.87. The van der Waals surface area contributed by atoms with Crippen LogP contribution in [0.15, 0.2) is 0 Å². The van der Waals surface area contributed by atoms with Crippen molar-refractivity contribution in [1.29, 1.82) is 0 Å². The van der Waals surface area contributed by atoms with Crippen molar-refractivity contribution >= 4 is 5.97 Å². The molecule has 2 saturated carbocycles. The molecule has 0 bridgehead atoms. The minimum atomic E-state index is -0.617. The number of fused-ring (bicyclic) bond motifs is 1. The van der Waals surface area contributed by atoms with Gasteiger partial charge in [0.05, 0.1) is 0 Å². The zero-order chi connectivity index (χ0) is 7.84. The summed E-state index contributed by atoms with van der Waals surface area (Å²) in [7, 11) is 0. The summed E-state index contributed by atoms with van der Waals surface area (Å²) in [5, 5.41) is 8.57. The van der Waals surface area contributed by atoms with E-state index in [1.165, 1.54) is 19.3 Å². The van der Waals surface area contributed by atoms with Crippen LogP contribution in [0.5, 0.6) is 0 Å². The average molecular weight is 154 g/mol. The first kappa shape index (κ1) is 7.14. The van der Waals surface area contributed by atoms with Crippen molar-refractivity contribution in [3.05, 3.63) is 0 Å². The zero-order valence-corrected chi connectivity index (χ0v) is 6.62. The van der Waals surface area contributed by atoms with Crippen LogP contribution in [-0.2, 0) is 4.79 Å². The van der Waals surface area contributed by atoms with Gasteiger partial charge in [0.25, 0.3) is 0 Å². The number of aliphatic carboxylic acids is 1. The van der Waals surface area contributed by atoms with Gasteiger partial charge in [-0.25, -0.2) is 0 Å². The summed E-state index contributed by atoms with van der Waals surface area (Å²) in [4.78, 5) is 10.4. The van der Waals surface area contributed by atoms with E-state index in [1.54, 1.807) is 0 Å². The van der Waals surface area contributed by atoms with Crippen molar-refractivity contribution in [1.82, 2.24) is 0 Å². The summed E-state index contributed by atoms with van der Waals surface area (Å²) >= 11 is 0. The van der Waals surface area contributed by atoms with E-state index in [0.717, 1.165) is 18.3 Å². The minimum absolute atomic E-state index is 0.406. The van der Waals surface area contributed by atoms with Crippen LogP contribution in [0.25, 0.3) is 0 Å². The van der Waals surface area contributed by atoms with E-state index in [4.69, 9.17) is 5.11 Å². The van der Waals surface area contributed by atoms with Crippen LogP contribution in [0.3, 0.4) is 0 Å². The molecule has 2 aliphatic carbocycles. The van der Waals surface area contributed by atoms with Crippen LogP contribution in [0.2, 0.25) is 0 Å². The Bertz CT molecular complexity index is 176. The summed E-state index contributed by atoms with van der Waals surface area (Å²) in [5.74, 6) is 1.78. The second-order valence-electron chi connectivity index (χ2n) is 4.03. The Hall–Kier alpha value is -0.530. The molecule has 3 atom stereocenters. The predicted octanol–water partition coefficient (Wildman–Crippen LogP) is 1.90. The third-order valence-corrected chi connectivity index (χ3v) is 3.11. The van der Waals surface area contributed by atoms with Gasteiger partial charge < -0.3 is 5.11 Å². The second-order valence-corrected chi connectivity index (χ2v) is 4.03. The quantitative estimate of drug-likeness (QED) is 0.659. The molecule has 0 aromatic heterocycles. The van der Waals surface area contributed by atoms with Gasteiger partial charge in [-0.3, -0.25) is 4.79 Å². The molecular formula is C9H14O2. The molecule has 0 spiro atoms. The van der Waals surface area contributed by atoms with Crippen molar-refractivity contribution in [3.63, 3.8) is 0 Å². The molecule has 62 valence electrons. The summed E-state index contributed by atoms with van der Waals surface area (Å²) in [6, 6.07) is 0. The Balaban J connectivity index is 1.81. The van der Waals surface area contributed by atoms with Gasteiger partial charge in [-0.1, -0.05) is 0 Å². The van der Waals surface area contributed by atoms with Gasteiger partial charge in [0.15, 0.2) is 0 Å². The maximum atomic E-state index is 10.4. The largest absolute Gasteiger partial charge is 0.481 e. The minimum Gasteiger partial charge on any atom is -0.481 e. The molecule has 2 aliphatic rings. The summed E-state index contributed by atoms with van der Waals surface area (Å²) in [6.07, 6.45) is 5.44. The van der Waals surface area contributed by atoms with E-state index >= 15 is 0 Å². The van der Waals surface area contributed by atoms with Gasteiger partial charge in [-0.2, -0.15) is 0 Å². The number of carboxylic acids is 1. The fourth-order valence-electron chi connectivity index (χ4n) is 2.38. The molecule has 0 amide bonds. The van der Waals surface area contributed by atoms with Crippen molar-refractivity contribution in [2.75, 3.05) is 0 Å². The molecule has 2 fully saturated rings. The van der Waals surface area contributed by atoms with E-state index in [1.807, 2.05) is 0 Å². The zero-order valence-electron chi connectivity index (χ0n) is 6.62. The number of rotatable bonds is 2. The standard InChI is InChI=1S/C9H14O2/c10-9(11)4-6-1-2-7-5-8(7)3-6/h6-8H,1-5H2,(H,10,11)/t6?,7-,8?/m0/s1. The molecule has 0 saturated heterocycles. The van der Waals surface area contributed by atoms with E-state index < -0.39 is 5.97 Å². The van der Waals surface area contributed by atoms with E-state index in [-0.39, 0.29) is 0 Å². The molecular weight excluding hydrogens is 140 g/mol. The average Bonchev–Trinajstić information content (AvgIpc) is 2.63. The molecule has 2 unspecified atom stereocenters. The molecule has 0 radical (unpaired) electrons. The molecule has 0 aliphatic heterocycles. The molecule has 2 rings (SSSR count). The highest BCUT2D eigenvalue weighted by Crippen LogP contribution is 2.51. The fraction of sp³-hybridized carbons (Fsp3) is 0.889. The molecule has 2 nitrogen and oxygen atoms in total. The number of hydrogen-bond donors (Lipinski definition) is 1. The summed E-state index contributed by atoms with van der Waals surface area (Å²) in [5.41, 5.74) is 0. The number of carboxylic acid groups (broad SMARTS) is 1. The molecule has 0 aromatic rings. The van der Waals surface area contributed by atoms with Crippen molar-refractivity contribution in [2.45, 2.75) is 32.1 Å². The maximum Gasteiger partial charge on any atom is 0.303 e. The van der Waals surface area contributed by atoms with E-state index in [2.05, 4.69) is 0 Å². The lowest BCUT2D eigenvalue weighted by Gasteiger charge is -2.18. The van der Waals surface area contributed by atoms with E-state index in [9.17, 15) is 4.79 Å². The van der Waals surface area contributed by atoms with Gasteiger partial charge in [0.1, 0.15) is 0 Å². The highest BCUT2D eigenvalue weighted by atomic mass is 16.4. The van der Waals surface area contributed by atoms with Gasteiger partial charge in [-0.15, -0.1) is 0 Å². The first-order valence-electron chi connectivity index (χ1n) is 4.47. The lowest BCUT2D eigenvalue weighted by molar-refractivity contribution is -0.138. The molecule has 0 heterocycles. The van der Waals surface area contributed by atoms with Crippen molar-refractivity contribution in [2.24, 2.45) is 17.8 Å². The molecule has 11 heavy (non-hydrogen) atoms. The smallest absolute Gasteiger partial charge is 0.303 e. The van der Waals surface area contributed by atoms with Crippen LogP contribution >= 0.6 is 0 Å². The Kier molecular flexibility index (Phi) is 1.63. The molecule has 2 heteroatoms. The van der Waals surface area contributed by atoms with Crippen molar-refractivity contribution in [3.8, 4) is 0 Å². The van der Waals surface area contributed by atoms with Crippen LogP contribution in [-0.4, -0.2) is 11.1 Å². The Morgan fingerprint density at radius 1 is 1.27 bits per heavy atom. The monoisotopic (exact) mass is 154 g/mol. The van der Waals surface area contributed by atoms with Crippen LogP contribution in [0.1, 0.15) is 32.1 Å². The van der Waals surface area contributed by atoms with Gasteiger partial charge in [0, 0.05) is 6.42 Å². The molecule has 1 N–H and O–H groups in total. The highest BCUT2D eigenvalue weighted by molar-refractivity contribution is 5.67. The third-order valence-electron chi connectivity index (χ3n) is 3.11. The van der Waals surface area contributed by atoms with Crippen LogP contribution < -0.4 is 0 Å². The topological polar surface area (TPSA) is 37.3 Å². The van der Waals surface area contributed by atoms with Gasteiger partial charge in [0.2, 0.25) is 0 Å². The van der Waals surface area contributed by atoms with E-state index in [0.29, 0.717) is 12.3 Å². The van der Waals surface area contributed by atoms with Gasteiger partial charge >= 0.3 is 5.97 Å². The number of carbonyl (C=O) groups is 1. The summed E-state index contributed by atoms with van der Waals surface area (Å²) < 4.78 is 0. The first-order valence-corrected chi connectivity index (χ1v) is 4.47. The third kappa shape index (κ3) is 1.55. The normalized spacial score (nSPS) is 41.3. The number of hydrogen-bond acceptors (Lipinski definition) is 1. The Morgan fingerprint density at radius 3 is 2.73 bits per heavy atom. The first-order chi connectivity index (χ1) is 5.25. The van der Waals surface area contributed by atoms with Gasteiger partial charge in [-0.05, 0) is 43.4 Å². The highest BCUT2D eigenvalue weighted by Gasteiger charge is 2.42. The Labute approximate surface area is 66.6 Å².